The van der Waals surface area contributed by atoms with Gasteiger partial charge in [-0.1, -0.05) is 11.6 Å². The van der Waals surface area contributed by atoms with Crippen molar-refractivity contribution >= 4 is 23.2 Å². The van der Waals surface area contributed by atoms with Crippen molar-refractivity contribution in [1.82, 2.24) is 9.97 Å². The average Bonchev–Trinajstić information content (AvgIpc) is 2.19. The van der Waals surface area contributed by atoms with Crippen LogP contribution in [0.5, 0.6) is 0 Å². The molecule has 0 aromatic carbocycles. The number of aliphatic hydroxyl groups excluding tert-OH is 1. The topological polar surface area (TPSA) is 75.3 Å². The van der Waals surface area contributed by atoms with Crippen LogP contribution in [0, 0.1) is 0 Å². The van der Waals surface area contributed by atoms with Crippen molar-refractivity contribution < 1.29 is 5.11 Å². The first-order valence-corrected chi connectivity index (χ1v) is 5.09. The van der Waals surface area contributed by atoms with Crippen molar-refractivity contribution in [3.8, 4) is 0 Å². The fourth-order valence-electron chi connectivity index (χ4n) is 1.29. The van der Waals surface area contributed by atoms with E-state index in [4.69, 9.17) is 22.4 Å². The maximum Gasteiger partial charge on any atom is 0.153 e. The van der Waals surface area contributed by atoms with Gasteiger partial charge in [-0.3, -0.25) is 0 Å². The van der Waals surface area contributed by atoms with Crippen LogP contribution in [-0.4, -0.2) is 34.3 Å². The van der Waals surface area contributed by atoms with E-state index in [1.165, 1.54) is 6.33 Å². The lowest BCUT2D eigenvalue weighted by atomic mass is 10.3. The smallest absolute Gasteiger partial charge is 0.153 e. The predicted octanol–water partition coefficient (Wildman–Crippen LogP) is 0.919. The Morgan fingerprint density at radius 3 is 2.73 bits per heavy atom. The molecule has 6 heteroatoms. The number of rotatable bonds is 4. The fraction of sp³-hybridized carbons (Fsp3) is 0.556. The lowest BCUT2D eigenvalue weighted by Gasteiger charge is -2.27. The minimum atomic E-state index is 0.0401. The van der Waals surface area contributed by atoms with Gasteiger partial charge < -0.3 is 15.7 Å². The minimum Gasteiger partial charge on any atom is -0.395 e. The third-order valence-corrected chi connectivity index (χ3v) is 2.40. The molecule has 5 nitrogen and oxygen atoms in total. The summed E-state index contributed by atoms with van der Waals surface area (Å²) in [5.74, 6) is 0.818. The molecule has 3 N–H and O–H groups in total. The van der Waals surface area contributed by atoms with Gasteiger partial charge in [0.1, 0.15) is 17.2 Å². The second-order valence-electron chi connectivity index (χ2n) is 3.41. The van der Waals surface area contributed by atoms with Crippen LogP contribution in [-0.2, 0) is 0 Å². The maximum atomic E-state index is 8.95. The van der Waals surface area contributed by atoms with Crippen LogP contribution in [0.25, 0.3) is 0 Å². The van der Waals surface area contributed by atoms with E-state index in [0.717, 1.165) is 0 Å². The molecule has 1 aromatic heterocycles. The molecule has 1 rings (SSSR count). The van der Waals surface area contributed by atoms with Gasteiger partial charge >= 0.3 is 0 Å². The van der Waals surface area contributed by atoms with Crippen LogP contribution in [0.3, 0.4) is 0 Å². The number of nitrogen functional groups attached to an aromatic ring is 1. The summed E-state index contributed by atoms with van der Waals surface area (Å²) in [6.45, 7) is 4.49. The molecule has 0 aliphatic rings. The molecule has 0 unspecified atom stereocenters. The van der Waals surface area contributed by atoms with E-state index in [1.807, 2.05) is 18.7 Å². The van der Waals surface area contributed by atoms with Gasteiger partial charge in [-0.25, -0.2) is 9.97 Å². The molecule has 0 saturated heterocycles. The summed E-state index contributed by atoms with van der Waals surface area (Å²) in [5.41, 5.74) is 5.58. The molecule has 15 heavy (non-hydrogen) atoms. The Bertz CT molecular complexity index is 332. The van der Waals surface area contributed by atoms with Crippen LogP contribution in [0.4, 0.5) is 11.6 Å². The van der Waals surface area contributed by atoms with E-state index in [0.29, 0.717) is 17.4 Å². The monoisotopic (exact) mass is 230 g/mol. The highest BCUT2D eigenvalue weighted by molar-refractivity contribution is 6.35. The number of aromatic nitrogens is 2. The lowest BCUT2D eigenvalue weighted by Crippen LogP contribution is -2.34. The molecule has 0 fully saturated rings. The fourth-order valence-corrected chi connectivity index (χ4v) is 1.50. The Morgan fingerprint density at radius 2 is 2.20 bits per heavy atom. The van der Waals surface area contributed by atoms with Crippen molar-refractivity contribution in [3.63, 3.8) is 0 Å². The van der Waals surface area contributed by atoms with Crippen molar-refractivity contribution in [2.45, 2.75) is 19.9 Å². The third kappa shape index (κ3) is 2.70. The summed E-state index contributed by atoms with van der Waals surface area (Å²) >= 11 is 5.99. The first kappa shape index (κ1) is 12.0. The number of nitrogens with two attached hydrogens (primary N) is 1. The summed E-state index contributed by atoms with van der Waals surface area (Å²) < 4.78 is 0. The van der Waals surface area contributed by atoms with Crippen LogP contribution >= 0.6 is 11.6 Å². The van der Waals surface area contributed by atoms with E-state index in [-0.39, 0.29) is 18.5 Å². The van der Waals surface area contributed by atoms with Gasteiger partial charge in [0, 0.05) is 12.6 Å². The van der Waals surface area contributed by atoms with E-state index >= 15 is 0 Å². The van der Waals surface area contributed by atoms with Gasteiger partial charge in [0.05, 0.1) is 6.61 Å². The van der Waals surface area contributed by atoms with Crippen LogP contribution < -0.4 is 10.6 Å². The Kier molecular flexibility index (Phi) is 4.11. The van der Waals surface area contributed by atoms with Gasteiger partial charge in [0.2, 0.25) is 0 Å². The number of nitrogens with zero attached hydrogens (tertiary/aromatic N) is 3. The second kappa shape index (κ2) is 5.14. The molecule has 1 aromatic rings. The molecule has 1 heterocycles. The predicted molar refractivity (Wildman–Crippen MR) is 61.0 cm³/mol. The highest BCUT2D eigenvalue weighted by atomic mass is 35.5. The molecule has 0 spiro atoms. The quantitative estimate of drug-likeness (QED) is 0.805. The zero-order chi connectivity index (χ0) is 11.4. The van der Waals surface area contributed by atoms with Gasteiger partial charge in [0.25, 0.3) is 0 Å². The largest absolute Gasteiger partial charge is 0.395 e. The van der Waals surface area contributed by atoms with Gasteiger partial charge in [-0.15, -0.1) is 0 Å². The van der Waals surface area contributed by atoms with Gasteiger partial charge in [-0.2, -0.15) is 0 Å². The summed E-state index contributed by atoms with van der Waals surface area (Å²) in [6.07, 6.45) is 1.36. The maximum absolute atomic E-state index is 8.95. The lowest BCUT2D eigenvalue weighted by molar-refractivity contribution is 0.298. The normalized spacial score (nSPS) is 10.7. The van der Waals surface area contributed by atoms with E-state index in [2.05, 4.69) is 9.97 Å². The van der Waals surface area contributed by atoms with E-state index in [9.17, 15) is 0 Å². The highest BCUT2D eigenvalue weighted by Gasteiger charge is 2.16. The zero-order valence-electron chi connectivity index (χ0n) is 8.81. The molecular formula is C9H15ClN4O. The van der Waals surface area contributed by atoms with Gasteiger partial charge in [0.15, 0.2) is 5.82 Å². The summed E-state index contributed by atoms with van der Waals surface area (Å²) in [7, 11) is 0. The van der Waals surface area contributed by atoms with Crippen molar-refractivity contribution in [1.29, 1.82) is 0 Å². The number of hydrogen-bond acceptors (Lipinski definition) is 5. The van der Waals surface area contributed by atoms with Gasteiger partial charge in [-0.05, 0) is 13.8 Å². The Morgan fingerprint density at radius 1 is 1.53 bits per heavy atom. The number of anilines is 2. The SMILES string of the molecule is CC(C)N(CCO)c1ncnc(N)c1Cl. The van der Waals surface area contributed by atoms with Crippen molar-refractivity contribution in [2.75, 3.05) is 23.8 Å². The highest BCUT2D eigenvalue weighted by Crippen LogP contribution is 2.27. The summed E-state index contributed by atoms with van der Waals surface area (Å²) in [6, 6.07) is 0.184. The van der Waals surface area contributed by atoms with Crippen molar-refractivity contribution in [2.24, 2.45) is 0 Å². The van der Waals surface area contributed by atoms with Crippen LogP contribution in [0.1, 0.15) is 13.8 Å². The summed E-state index contributed by atoms with van der Waals surface area (Å²) in [5, 5.41) is 9.28. The molecule has 0 aliphatic carbocycles. The molecule has 84 valence electrons. The molecule has 0 amide bonds. The minimum absolute atomic E-state index is 0.0401. The molecule has 0 saturated carbocycles. The van der Waals surface area contributed by atoms with E-state index < -0.39 is 0 Å². The van der Waals surface area contributed by atoms with Crippen LogP contribution in [0.2, 0.25) is 5.02 Å². The standard InChI is InChI=1S/C9H15ClN4O/c1-6(2)14(3-4-15)9-7(10)8(11)12-5-13-9/h5-6,15H,3-4H2,1-2H3,(H2,11,12,13). The number of aliphatic hydroxyl groups is 1. The number of halogens is 1. The van der Waals surface area contributed by atoms with Crippen LogP contribution in [0.15, 0.2) is 6.33 Å². The first-order chi connectivity index (χ1) is 7.07. The first-order valence-electron chi connectivity index (χ1n) is 4.71. The Labute approximate surface area is 93.9 Å². The molecular weight excluding hydrogens is 216 g/mol. The molecule has 0 aliphatic heterocycles. The Balaban J connectivity index is 3.05. The average molecular weight is 231 g/mol. The van der Waals surface area contributed by atoms with Crippen molar-refractivity contribution in [3.05, 3.63) is 11.3 Å². The second-order valence-corrected chi connectivity index (χ2v) is 3.79. The third-order valence-electron chi connectivity index (χ3n) is 2.03. The zero-order valence-corrected chi connectivity index (χ0v) is 9.57. The molecule has 0 radical (unpaired) electrons. The molecule has 0 atom stereocenters. The Hall–Kier alpha value is -1.07. The number of hydrogen-bond donors (Lipinski definition) is 2. The summed E-state index contributed by atoms with van der Waals surface area (Å²) in [4.78, 5) is 9.73. The van der Waals surface area contributed by atoms with E-state index in [1.54, 1.807) is 0 Å². The molecule has 0 bridgehead atoms.